The summed E-state index contributed by atoms with van der Waals surface area (Å²) in [6, 6.07) is 0. The lowest BCUT2D eigenvalue weighted by molar-refractivity contribution is 0.300. The molecule has 0 bridgehead atoms. The highest BCUT2D eigenvalue weighted by molar-refractivity contribution is 5.63. The Morgan fingerprint density at radius 3 is 1.65 bits per heavy atom. The van der Waals surface area contributed by atoms with Crippen LogP contribution in [-0.4, -0.2) is 86.2 Å². The van der Waals surface area contributed by atoms with Crippen molar-refractivity contribution >= 4 is 11.6 Å². The molecule has 0 amide bonds. The Labute approximate surface area is 159 Å². The molecular weight excluding hydrogens is 324 g/mol. The Bertz CT molecular complexity index is 516. The number of hydrogen-bond acceptors (Lipinski definition) is 6. The molecule has 0 aromatic carbocycles. The van der Waals surface area contributed by atoms with Crippen LogP contribution in [0.4, 0.5) is 11.6 Å². The van der Waals surface area contributed by atoms with Gasteiger partial charge in [0.15, 0.2) is 11.6 Å². The van der Waals surface area contributed by atoms with E-state index >= 15 is 0 Å². The van der Waals surface area contributed by atoms with E-state index in [0.717, 1.165) is 62.7 Å². The third-order valence-corrected chi connectivity index (χ3v) is 6.05. The Balaban J connectivity index is 1.64. The van der Waals surface area contributed by atoms with Crippen LogP contribution in [0, 0.1) is 11.8 Å². The predicted molar refractivity (Wildman–Crippen MR) is 109 cm³/mol. The van der Waals surface area contributed by atoms with E-state index in [1.165, 1.54) is 25.9 Å². The first-order valence-corrected chi connectivity index (χ1v) is 10.3. The molecule has 1 aromatic rings. The number of nitrogens with zero attached hydrogens (tertiary/aromatic N) is 6. The highest BCUT2D eigenvalue weighted by Gasteiger charge is 2.30. The minimum Gasteiger partial charge on any atom is -0.353 e. The summed E-state index contributed by atoms with van der Waals surface area (Å²) in [5.74, 6) is 3.66. The first-order chi connectivity index (χ1) is 12.6. The SMILES string of the molecule is CCN(C)CC1CCN(c2nccnc2N2CCC(CN(C)CC)C2)C1. The maximum absolute atomic E-state index is 4.74. The van der Waals surface area contributed by atoms with Crippen molar-refractivity contribution in [2.75, 3.05) is 76.3 Å². The molecule has 3 rings (SSSR count). The van der Waals surface area contributed by atoms with E-state index in [0.29, 0.717) is 0 Å². The van der Waals surface area contributed by atoms with E-state index in [1.54, 1.807) is 0 Å². The van der Waals surface area contributed by atoms with Crippen LogP contribution in [0.15, 0.2) is 12.4 Å². The minimum atomic E-state index is 0.735. The van der Waals surface area contributed by atoms with Gasteiger partial charge in [0.05, 0.1) is 0 Å². The molecular formula is C20H36N6. The molecule has 0 radical (unpaired) electrons. The molecule has 2 fully saturated rings. The zero-order chi connectivity index (χ0) is 18.5. The molecule has 6 nitrogen and oxygen atoms in total. The monoisotopic (exact) mass is 360 g/mol. The Morgan fingerprint density at radius 2 is 1.27 bits per heavy atom. The average molecular weight is 361 g/mol. The van der Waals surface area contributed by atoms with Crippen molar-refractivity contribution in [1.29, 1.82) is 0 Å². The molecule has 2 saturated heterocycles. The average Bonchev–Trinajstić information content (AvgIpc) is 3.31. The maximum atomic E-state index is 4.74. The summed E-state index contributed by atoms with van der Waals surface area (Å²) in [5, 5.41) is 0. The van der Waals surface area contributed by atoms with Crippen molar-refractivity contribution in [3.63, 3.8) is 0 Å². The molecule has 6 heteroatoms. The van der Waals surface area contributed by atoms with Gasteiger partial charge in [-0.25, -0.2) is 9.97 Å². The molecule has 2 aliphatic rings. The fourth-order valence-corrected chi connectivity index (χ4v) is 4.26. The second kappa shape index (κ2) is 9.00. The summed E-state index contributed by atoms with van der Waals surface area (Å²) in [6.07, 6.45) is 6.21. The number of hydrogen-bond donors (Lipinski definition) is 0. The van der Waals surface area contributed by atoms with E-state index in [-0.39, 0.29) is 0 Å². The van der Waals surface area contributed by atoms with Crippen LogP contribution in [0.25, 0.3) is 0 Å². The summed E-state index contributed by atoms with van der Waals surface area (Å²) >= 11 is 0. The van der Waals surface area contributed by atoms with E-state index in [1.807, 2.05) is 12.4 Å². The van der Waals surface area contributed by atoms with Crippen molar-refractivity contribution < 1.29 is 0 Å². The normalized spacial score (nSPS) is 23.6. The summed E-state index contributed by atoms with van der Waals surface area (Å²) in [6.45, 7) is 13.5. The topological polar surface area (TPSA) is 38.7 Å². The molecule has 2 aliphatic heterocycles. The molecule has 2 atom stereocenters. The van der Waals surface area contributed by atoms with Gasteiger partial charge in [-0.1, -0.05) is 13.8 Å². The van der Waals surface area contributed by atoms with E-state index in [9.17, 15) is 0 Å². The fourth-order valence-electron chi connectivity index (χ4n) is 4.26. The third-order valence-electron chi connectivity index (χ3n) is 6.05. The van der Waals surface area contributed by atoms with Gasteiger partial charge in [0.1, 0.15) is 0 Å². The van der Waals surface area contributed by atoms with Crippen molar-refractivity contribution in [3.05, 3.63) is 12.4 Å². The van der Waals surface area contributed by atoms with Crippen LogP contribution in [0.3, 0.4) is 0 Å². The van der Waals surface area contributed by atoms with E-state index in [4.69, 9.17) is 9.97 Å². The zero-order valence-electron chi connectivity index (χ0n) is 17.1. The maximum Gasteiger partial charge on any atom is 0.171 e. The van der Waals surface area contributed by atoms with Gasteiger partial charge in [-0.3, -0.25) is 0 Å². The van der Waals surface area contributed by atoms with Crippen LogP contribution >= 0.6 is 0 Å². The second-order valence-corrected chi connectivity index (χ2v) is 8.11. The molecule has 0 saturated carbocycles. The first-order valence-electron chi connectivity index (χ1n) is 10.3. The Kier molecular flexibility index (Phi) is 6.70. The first kappa shape index (κ1) is 19.4. The summed E-state index contributed by atoms with van der Waals surface area (Å²) < 4.78 is 0. The highest BCUT2D eigenvalue weighted by Crippen LogP contribution is 2.32. The molecule has 1 aromatic heterocycles. The third kappa shape index (κ3) is 4.65. The lowest BCUT2D eigenvalue weighted by Gasteiger charge is -2.26. The van der Waals surface area contributed by atoms with Gasteiger partial charge in [0.2, 0.25) is 0 Å². The molecule has 0 aliphatic carbocycles. The Hall–Kier alpha value is -1.40. The molecule has 26 heavy (non-hydrogen) atoms. The molecule has 146 valence electrons. The largest absolute Gasteiger partial charge is 0.353 e. The van der Waals surface area contributed by atoms with Crippen LogP contribution in [0.2, 0.25) is 0 Å². The van der Waals surface area contributed by atoms with E-state index < -0.39 is 0 Å². The van der Waals surface area contributed by atoms with Gasteiger partial charge < -0.3 is 19.6 Å². The van der Waals surface area contributed by atoms with Gasteiger partial charge in [0.25, 0.3) is 0 Å². The van der Waals surface area contributed by atoms with Gasteiger partial charge in [-0.2, -0.15) is 0 Å². The fraction of sp³-hybridized carbons (Fsp3) is 0.800. The molecule has 0 N–H and O–H groups in total. The summed E-state index contributed by atoms with van der Waals surface area (Å²) in [7, 11) is 4.43. The van der Waals surface area contributed by atoms with Crippen molar-refractivity contribution in [3.8, 4) is 0 Å². The number of rotatable bonds is 8. The highest BCUT2D eigenvalue weighted by atomic mass is 15.3. The van der Waals surface area contributed by atoms with Crippen LogP contribution in [0.1, 0.15) is 26.7 Å². The predicted octanol–water partition coefficient (Wildman–Crippen LogP) is 2.03. The van der Waals surface area contributed by atoms with E-state index in [2.05, 4.69) is 47.5 Å². The summed E-state index contributed by atoms with van der Waals surface area (Å²) in [5.41, 5.74) is 0. The number of aromatic nitrogens is 2. The van der Waals surface area contributed by atoms with Crippen molar-refractivity contribution in [2.24, 2.45) is 11.8 Å². The van der Waals surface area contributed by atoms with Gasteiger partial charge in [0, 0.05) is 51.7 Å². The van der Waals surface area contributed by atoms with Crippen molar-refractivity contribution in [2.45, 2.75) is 26.7 Å². The number of anilines is 2. The van der Waals surface area contributed by atoms with Gasteiger partial charge in [-0.05, 0) is 51.9 Å². The second-order valence-electron chi connectivity index (χ2n) is 8.11. The van der Waals surface area contributed by atoms with Gasteiger partial charge >= 0.3 is 0 Å². The lowest BCUT2D eigenvalue weighted by atomic mass is 10.1. The van der Waals surface area contributed by atoms with Crippen LogP contribution < -0.4 is 9.80 Å². The smallest absolute Gasteiger partial charge is 0.171 e. The van der Waals surface area contributed by atoms with Crippen LogP contribution in [-0.2, 0) is 0 Å². The van der Waals surface area contributed by atoms with Crippen molar-refractivity contribution in [1.82, 2.24) is 19.8 Å². The minimum absolute atomic E-state index is 0.735. The molecule has 2 unspecified atom stereocenters. The summed E-state index contributed by atoms with van der Waals surface area (Å²) in [4.78, 5) is 19.2. The molecule has 3 heterocycles. The standard InChI is InChI=1S/C20H36N6/c1-5-23(3)13-17-7-11-25(15-17)19-20(22-10-9-21-19)26-12-8-18(16-26)14-24(4)6-2/h9-10,17-18H,5-8,11-16H2,1-4H3. The Morgan fingerprint density at radius 1 is 0.846 bits per heavy atom. The molecule has 0 spiro atoms. The zero-order valence-corrected chi connectivity index (χ0v) is 17.1. The quantitative estimate of drug-likeness (QED) is 0.706. The van der Waals surface area contributed by atoms with Gasteiger partial charge in [-0.15, -0.1) is 0 Å². The lowest BCUT2D eigenvalue weighted by Crippen LogP contribution is -2.31. The van der Waals surface area contributed by atoms with Crippen LogP contribution in [0.5, 0.6) is 0 Å².